The predicted octanol–water partition coefficient (Wildman–Crippen LogP) is 3.25. The number of imide groups is 1. The number of thioether (sulfide) groups is 1. The van der Waals surface area contributed by atoms with E-state index in [1.54, 1.807) is 42.5 Å². The lowest BCUT2D eigenvalue weighted by Crippen LogP contribution is -2.44. The molecule has 0 spiro atoms. The summed E-state index contributed by atoms with van der Waals surface area (Å²) in [5, 5.41) is 5.99. The molecule has 166 valence electrons. The fourth-order valence-electron chi connectivity index (χ4n) is 3.82. The predicted molar refractivity (Wildman–Crippen MR) is 124 cm³/mol. The van der Waals surface area contributed by atoms with Crippen LogP contribution in [0.25, 0.3) is 16.6 Å². The molecule has 1 aliphatic rings. The van der Waals surface area contributed by atoms with E-state index in [9.17, 15) is 14.4 Å². The van der Waals surface area contributed by atoms with Crippen LogP contribution in [0.3, 0.4) is 0 Å². The van der Waals surface area contributed by atoms with Crippen molar-refractivity contribution in [2.45, 2.75) is 36.9 Å². The first-order chi connectivity index (χ1) is 15.6. The molecule has 0 bridgehead atoms. The van der Waals surface area contributed by atoms with Crippen LogP contribution in [0.1, 0.15) is 25.7 Å². The van der Waals surface area contributed by atoms with Crippen molar-refractivity contribution in [2.24, 2.45) is 0 Å². The monoisotopic (exact) mass is 452 g/mol. The van der Waals surface area contributed by atoms with Gasteiger partial charge in [-0.2, -0.15) is 0 Å². The summed E-state index contributed by atoms with van der Waals surface area (Å²) in [5.41, 5.74) is 0.799. The van der Waals surface area contributed by atoms with Gasteiger partial charge in [-0.15, -0.1) is 0 Å². The molecule has 2 aromatic carbocycles. The molecule has 0 atom stereocenters. The van der Waals surface area contributed by atoms with E-state index in [2.05, 4.69) is 15.6 Å². The number of nitrogens with one attached hydrogen (secondary N) is 2. The van der Waals surface area contributed by atoms with Gasteiger partial charge in [0, 0.05) is 6.04 Å². The molecule has 1 fully saturated rings. The number of methoxy groups -OCH3 is 1. The van der Waals surface area contributed by atoms with Crippen LogP contribution >= 0.6 is 11.8 Å². The van der Waals surface area contributed by atoms with Crippen molar-refractivity contribution in [1.82, 2.24) is 20.2 Å². The van der Waals surface area contributed by atoms with Crippen LogP contribution in [0.5, 0.6) is 5.75 Å². The Morgan fingerprint density at radius 1 is 1.12 bits per heavy atom. The van der Waals surface area contributed by atoms with Crippen LogP contribution in [0.15, 0.2) is 58.5 Å². The third-order valence-electron chi connectivity index (χ3n) is 5.35. The summed E-state index contributed by atoms with van der Waals surface area (Å²) in [7, 11) is 1.53. The molecule has 1 aliphatic carbocycles. The maximum atomic E-state index is 13.3. The lowest BCUT2D eigenvalue weighted by atomic mass is 10.2. The molecule has 3 amide bonds. The van der Waals surface area contributed by atoms with Gasteiger partial charge >= 0.3 is 6.03 Å². The van der Waals surface area contributed by atoms with Gasteiger partial charge in [-0.25, -0.2) is 9.78 Å². The molecular weight excluding hydrogens is 428 g/mol. The lowest BCUT2D eigenvalue weighted by molar-refractivity contribution is -0.117. The van der Waals surface area contributed by atoms with Crippen molar-refractivity contribution in [3.8, 4) is 11.4 Å². The van der Waals surface area contributed by atoms with Crippen molar-refractivity contribution in [3.05, 3.63) is 58.9 Å². The number of carbonyl (C=O) groups excluding carboxylic acids is 2. The number of benzene rings is 2. The Balaban J connectivity index is 1.59. The number of fused-ring (bicyclic) bond motifs is 1. The zero-order valence-electron chi connectivity index (χ0n) is 17.7. The molecule has 0 radical (unpaired) electrons. The largest absolute Gasteiger partial charge is 0.495 e. The maximum Gasteiger partial charge on any atom is 0.321 e. The quantitative estimate of drug-likeness (QED) is 0.440. The average Bonchev–Trinajstić information content (AvgIpc) is 3.30. The minimum atomic E-state index is -0.490. The molecule has 1 aromatic heterocycles. The lowest BCUT2D eigenvalue weighted by Gasteiger charge is -2.16. The Morgan fingerprint density at radius 3 is 2.62 bits per heavy atom. The zero-order valence-corrected chi connectivity index (χ0v) is 18.5. The van der Waals surface area contributed by atoms with Crippen LogP contribution in [-0.4, -0.2) is 40.4 Å². The van der Waals surface area contributed by atoms with E-state index in [1.165, 1.54) is 11.7 Å². The topological polar surface area (TPSA) is 102 Å². The van der Waals surface area contributed by atoms with Crippen molar-refractivity contribution in [3.63, 3.8) is 0 Å². The molecule has 0 unspecified atom stereocenters. The van der Waals surface area contributed by atoms with Gasteiger partial charge in [-0.3, -0.25) is 19.5 Å². The highest BCUT2D eigenvalue weighted by Crippen LogP contribution is 2.27. The van der Waals surface area contributed by atoms with Gasteiger partial charge in [0.1, 0.15) is 5.75 Å². The Kier molecular flexibility index (Phi) is 6.75. The first-order valence-corrected chi connectivity index (χ1v) is 11.4. The summed E-state index contributed by atoms with van der Waals surface area (Å²) in [6, 6.07) is 13.8. The second-order valence-electron chi connectivity index (χ2n) is 7.52. The standard InChI is InChI=1S/C23H24N4O4S/c1-31-19-13-7-6-12-18(19)27-21(29)16-10-4-5-11-17(16)25-23(27)32-14-20(28)26-22(30)24-15-8-2-3-9-15/h4-7,10-13,15H,2-3,8-9,14H2,1H3,(H2,24,26,28,30). The number of amides is 3. The van der Waals surface area contributed by atoms with Crippen molar-refractivity contribution < 1.29 is 14.3 Å². The molecule has 0 aliphatic heterocycles. The van der Waals surface area contributed by atoms with Gasteiger partial charge in [0.25, 0.3) is 5.56 Å². The minimum absolute atomic E-state index is 0.0714. The van der Waals surface area contributed by atoms with E-state index >= 15 is 0 Å². The summed E-state index contributed by atoms with van der Waals surface area (Å²) in [4.78, 5) is 42.4. The van der Waals surface area contributed by atoms with Crippen LogP contribution in [0.4, 0.5) is 4.79 Å². The summed E-state index contributed by atoms with van der Waals surface area (Å²) < 4.78 is 6.88. The smallest absolute Gasteiger partial charge is 0.321 e. The Labute approximate surface area is 189 Å². The van der Waals surface area contributed by atoms with Gasteiger partial charge in [-0.05, 0) is 37.1 Å². The highest BCUT2D eigenvalue weighted by atomic mass is 32.2. The number of para-hydroxylation sites is 3. The molecule has 32 heavy (non-hydrogen) atoms. The molecule has 2 N–H and O–H groups in total. The average molecular weight is 453 g/mol. The van der Waals surface area contributed by atoms with Gasteiger partial charge < -0.3 is 10.1 Å². The van der Waals surface area contributed by atoms with Crippen LogP contribution in [-0.2, 0) is 4.79 Å². The summed E-state index contributed by atoms with van der Waals surface area (Å²) in [6.45, 7) is 0. The highest BCUT2D eigenvalue weighted by molar-refractivity contribution is 7.99. The van der Waals surface area contributed by atoms with Crippen molar-refractivity contribution in [1.29, 1.82) is 0 Å². The maximum absolute atomic E-state index is 13.3. The Hall–Kier alpha value is -3.33. The number of aromatic nitrogens is 2. The van der Waals surface area contributed by atoms with Gasteiger partial charge in [0.15, 0.2) is 5.16 Å². The number of ether oxygens (including phenoxy) is 1. The Morgan fingerprint density at radius 2 is 1.84 bits per heavy atom. The molecule has 4 rings (SSSR count). The second kappa shape index (κ2) is 9.86. The Bertz CT molecular complexity index is 1200. The van der Waals surface area contributed by atoms with Gasteiger partial charge in [0.05, 0.1) is 29.5 Å². The zero-order chi connectivity index (χ0) is 22.5. The number of rotatable bonds is 6. The number of hydrogen-bond acceptors (Lipinski definition) is 6. The summed E-state index contributed by atoms with van der Waals surface area (Å²) >= 11 is 1.09. The van der Waals surface area contributed by atoms with Crippen molar-refractivity contribution in [2.75, 3.05) is 12.9 Å². The highest BCUT2D eigenvalue weighted by Gasteiger charge is 2.20. The molecule has 1 heterocycles. The molecule has 9 heteroatoms. The second-order valence-corrected chi connectivity index (χ2v) is 8.46. The number of nitrogens with zero attached hydrogens (tertiary/aromatic N) is 2. The molecule has 1 saturated carbocycles. The normalized spacial score (nSPS) is 13.8. The van der Waals surface area contributed by atoms with Crippen molar-refractivity contribution >= 4 is 34.6 Å². The van der Waals surface area contributed by atoms with E-state index < -0.39 is 11.9 Å². The van der Waals surface area contributed by atoms with E-state index in [4.69, 9.17) is 4.74 Å². The minimum Gasteiger partial charge on any atom is -0.495 e. The van der Waals surface area contributed by atoms with E-state index in [-0.39, 0.29) is 17.4 Å². The first kappa shape index (κ1) is 21.9. The third kappa shape index (κ3) is 4.77. The fourth-order valence-corrected chi connectivity index (χ4v) is 4.63. The number of urea groups is 1. The molecule has 3 aromatic rings. The fraction of sp³-hybridized carbons (Fsp3) is 0.304. The van der Waals surface area contributed by atoms with Gasteiger partial charge in [0.2, 0.25) is 5.91 Å². The molecule has 0 saturated heterocycles. The van der Waals surface area contributed by atoms with Crippen LogP contribution in [0.2, 0.25) is 0 Å². The summed E-state index contributed by atoms with van der Waals surface area (Å²) in [6.07, 6.45) is 4.04. The number of carbonyl (C=O) groups is 2. The van der Waals surface area contributed by atoms with Crippen LogP contribution < -0.4 is 20.9 Å². The summed E-state index contributed by atoms with van der Waals surface area (Å²) in [5.74, 6) is -0.0220. The van der Waals surface area contributed by atoms with E-state index in [0.29, 0.717) is 27.5 Å². The first-order valence-electron chi connectivity index (χ1n) is 10.4. The number of hydrogen-bond donors (Lipinski definition) is 2. The molecule has 8 nitrogen and oxygen atoms in total. The van der Waals surface area contributed by atoms with Crippen LogP contribution in [0, 0.1) is 0 Å². The van der Waals surface area contributed by atoms with E-state index in [1.807, 2.05) is 6.07 Å². The van der Waals surface area contributed by atoms with Gasteiger partial charge in [-0.1, -0.05) is 48.9 Å². The SMILES string of the molecule is COc1ccccc1-n1c(SCC(=O)NC(=O)NC2CCCC2)nc2ccccc2c1=O. The third-order valence-corrected chi connectivity index (χ3v) is 6.29. The molecular formula is C23H24N4O4S. The van der Waals surface area contributed by atoms with E-state index in [0.717, 1.165) is 37.4 Å².